The van der Waals surface area contributed by atoms with Gasteiger partial charge in [0.15, 0.2) is 0 Å². The second-order valence-corrected chi connectivity index (χ2v) is 6.38. The van der Waals surface area contributed by atoms with Gasteiger partial charge in [0.05, 0.1) is 6.54 Å². The van der Waals surface area contributed by atoms with Crippen molar-refractivity contribution >= 4 is 17.3 Å². The Hall–Kier alpha value is -1.55. The zero-order valence-electron chi connectivity index (χ0n) is 13.1. The minimum absolute atomic E-state index is 0.0581. The topological polar surface area (TPSA) is 58.4 Å². The third-order valence-electron chi connectivity index (χ3n) is 4.37. The van der Waals surface area contributed by atoms with Gasteiger partial charge in [-0.15, -0.1) is 0 Å². The number of hydrogen-bond acceptors (Lipinski definition) is 3. The summed E-state index contributed by atoms with van der Waals surface area (Å²) in [6.07, 6.45) is 3.68. The maximum absolute atomic E-state index is 12.1. The van der Waals surface area contributed by atoms with Crippen molar-refractivity contribution in [2.45, 2.75) is 33.1 Å². The Morgan fingerprint density at radius 3 is 2.67 bits per heavy atom. The lowest BCUT2D eigenvalue weighted by Gasteiger charge is -2.20. The Morgan fingerprint density at radius 1 is 1.29 bits per heavy atom. The van der Waals surface area contributed by atoms with Gasteiger partial charge in [-0.05, 0) is 68.5 Å². The first-order valence-electron chi connectivity index (χ1n) is 7.92. The number of rotatable bonds is 4. The molecule has 21 heavy (non-hydrogen) atoms. The minimum Gasteiger partial charge on any atom is -0.399 e. The van der Waals surface area contributed by atoms with Gasteiger partial charge in [0.1, 0.15) is 0 Å². The van der Waals surface area contributed by atoms with Gasteiger partial charge in [0.2, 0.25) is 5.91 Å². The van der Waals surface area contributed by atoms with Crippen LogP contribution in [0.4, 0.5) is 11.4 Å². The number of anilines is 2. The van der Waals surface area contributed by atoms with Crippen molar-refractivity contribution in [3.63, 3.8) is 0 Å². The van der Waals surface area contributed by atoms with Crippen LogP contribution < -0.4 is 11.1 Å². The number of likely N-dealkylation sites (tertiary alicyclic amines) is 1. The monoisotopic (exact) mass is 289 g/mol. The predicted octanol–water partition coefficient (Wildman–Crippen LogP) is 2.97. The molecule has 1 aromatic carbocycles. The summed E-state index contributed by atoms with van der Waals surface area (Å²) in [7, 11) is 0. The number of amides is 1. The van der Waals surface area contributed by atoms with Gasteiger partial charge in [-0.25, -0.2) is 0 Å². The molecule has 0 bridgehead atoms. The Bertz CT molecular complexity index is 456. The van der Waals surface area contributed by atoms with Gasteiger partial charge >= 0.3 is 0 Å². The van der Waals surface area contributed by atoms with Crippen LogP contribution in [0.5, 0.6) is 0 Å². The number of nitrogens with zero attached hydrogens (tertiary/aromatic N) is 1. The van der Waals surface area contributed by atoms with Crippen LogP contribution in [0.25, 0.3) is 0 Å². The van der Waals surface area contributed by atoms with Crippen molar-refractivity contribution in [3.05, 3.63) is 24.3 Å². The van der Waals surface area contributed by atoms with Gasteiger partial charge in [0, 0.05) is 11.4 Å². The molecule has 0 aliphatic carbocycles. The first kappa shape index (κ1) is 15.8. The molecule has 1 aliphatic heterocycles. The van der Waals surface area contributed by atoms with E-state index < -0.39 is 0 Å². The molecule has 3 N–H and O–H groups in total. The molecule has 0 radical (unpaired) electrons. The molecular formula is C17H27N3O. The molecule has 0 aromatic heterocycles. The Kier molecular flexibility index (Phi) is 5.62. The van der Waals surface area contributed by atoms with E-state index >= 15 is 0 Å². The molecule has 1 heterocycles. The summed E-state index contributed by atoms with van der Waals surface area (Å²) in [5.74, 6) is 1.60. The summed E-state index contributed by atoms with van der Waals surface area (Å²) in [6, 6.07) is 7.28. The van der Waals surface area contributed by atoms with E-state index in [1.807, 2.05) is 12.1 Å². The van der Waals surface area contributed by atoms with Crippen molar-refractivity contribution in [1.82, 2.24) is 4.90 Å². The molecule has 4 heteroatoms. The minimum atomic E-state index is 0.0581. The lowest BCUT2D eigenvalue weighted by atomic mass is 9.89. The van der Waals surface area contributed by atoms with Crippen molar-refractivity contribution in [2.24, 2.45) is 11.8 Å². The van der Waals surface area contributed by atoms with E-state index in [9.17, 15) is 4.79 Å². The molecule has 1 fully saturated rings. The third-order valence-corrected chi connectivity index (χ3v) is 4.37. The molecule has 1 aliphatic rings. The molecule has 0 spiro atoms. The lowest BCUT2D eigenvalue weighted by molar-refractivity contribution is -0.117. The number of hydrogen-bond donors (Lipinski definition) is 2. The Morgan fingerprint density at radius 2 is 2.00 bits per heavy atom. The normalized spacial score (nSPS) is 20.2. The van der Waals surface area contributed by atoms with Crippen molar-refractivity contribution in [1.29, 1.82) is 0 Å². The molecule has 0 saturated carbocycles. The van der Waals surface area contributed by atoms with Crippen LogP contribution in [0.2, 0.25) is 0 Å². The molecule has 4 nitrogen and oxygen atoms in total. The maximum atomic E-state index is 12.1. The molecule has 1 saturated heterocycles. The van der Waals surface area contributed by atoms with Gasteiger partial charge in [-0.3, -0.25) is 9.69 Å². The van der Waals surface area contributed by atoms with E-state index in [1.165, 1.54) is 19.3 Å². The van der Waals surface area contributed by atoms with Crippen molar-refractivity contribution < 1.29 is 4.79 Å². The molecule has 1 aromatic rings. The summed E-state index contributed by atoms with van der Waals surface area (Å²) in [5, 5.41) is 2.93. The standard InChI is InChI=1S/C17H27N3O/c1-13(2)14-4-3-10-20(11-9-14)12-17(21)19-16-7-5-15(18)6-8-16/h5-8,13-14H,3-4,9-12,18H2,1-2H3,(H,19,21). The first-order chi connectivity index (χ1) is 10.0. The fraction of sp³-hybridized carbons (Fsp3) is 0.588. The van der Waals surface area contributed by atoms with Gasteiger partial charge in [0.25, 0.3) is 0 Å². The van der Waals surface area contributed by atoms with Gasteiger partial charge in [-0.2, -0.15) is 0 Å². The van der Waals surface area contributed by atoms with Gasteiger partial charge < -0.3 is 11.1 Å². The Labute approximate surface area is 127 Å². The Balaban J connectivity index is 1.81. The first-order valence-corrected chi connectivity index (χ1v) is 7.92. The zero-order chi connectivity index (χ0) is 15.2. The largest absolute Gasteiger partial charge is 0.399 e. The van der Waals surface area contributed by atoms with Crippen LogP contribution in [0.15, 0.2) is 24.3 Å². The number of carbonyl (C=O) groups excluding carboxylic acids is 1. The molecule has 1 amide bonds. The van der Waals surface area contributed by atoms with Crippen LogP contribution in [0.3, 0.4) is 0 Å². The number of carbonyl (C=O) groups is 1. The summed E-state index contributed by atoms with van der Waals surface area (Å²) >= 11 is 0. The smallest absolute Gasteiger partial charge is 0.238 e. The van der Waals surface area contributed by atoms with E-state index in [0.29, 0.717) is 12.2 Å². The molecule has 1 unspecified atom stereocenters. The maximum Gasteiger partial charge on any atom is 0.238 e. The van der Waals surface area contributed by atoms with Crippen LogP contribution >= 0.6 is 0 Å². The van der Waals surface area contributed by atoms with Crippen molar-refractivity contribution in [2.75, 3.05) is 30.7 Å². The molecule has 2 rings (SSSR count). The summed E-state index contributed by atoms with van der Waals surface area (Å²) in [4.78, 5) is 14.4. The fourth-order valence-corrected chi connectivity index (χ4v) is 2.98. The van der Waals surface area contributed by atoms with Gasteiger partial charge in [-0.1, -0.05) is 13.8 Å². The SMILES string of the molecule is CC(C)C1CCCN(CC(=O)Nc2ccc(N)cc2)CC1. The van der Waals surface area contributed by atoms with Crippen LogP contribution in [-0.2, 0) is 4.79 Å². The van der Waals surface area contributed by atoms with Crippen LogP contribution in [0, 0.1) is 11.8 Å². The highest BCUT2D eigenvalue weighted by Gasteiger charge is 2.20. The van der Waals surface area contributed by atoms with E-state index in [1.54, 1.807) is 12.1 Å². The second-order valence-electron chi connectivity index (χ2n) is 6.38. The highest BCUT2D eigenvalue weighted by atomic mass is 16.2. The summed E-state index contributed by atoms with van der Waals surface area (Å²) < 4.78 is 0. The number of nitrogen functional groups attached to an aromatic ring is 1. The predicted molar refractivity (Wildman–Crippen MR) is 88.1 cm³/mol. The average Bonchev–Trinajstić information content (AvgIpc) is 2.67. The van der Waals surface area contributed by atoms with E-state index in [0.717, 1.165) is 30.6 Å². The van der Waals surface area contributed by atoms with E-state index in [2.05, 4.69) is 24.1 Å². The number of benzene rings is 1. The number of nitrogens with two attached hydrogens (primary N) is 1. The number of nitrogens with one attached hydrogen (secondary N) is 1. The fourth-order valence-electron chi connectivity index (χ4n) is 2.98. The van der Waals surface area contributed by atoms with E-state index in [-0.39, 0.29) is 5.91 Å². The van der Waals surface area contributed by atoms with Crippen molar-refractivity contribution in [3.8, 4) is 0 Å². The third kappa shape index (κ3) is 5.05. The average molecular weight is 289 g/mol. The molecule has 116 valence electrons. The highest BCUT2D eigenvalue weighted by Crippen LogP contribution is 2.24. The quantitative estimate of drug-likeness (QED) is 0.838. The molecule has 1 atom stereocenters. The van der Waals surface area contributed by atoms with E-state index in [4.69, 9.17) is 5.73 Å². The summed E-state index contributed by atoms with van der Waals surface area (Å²) in [6.45, 7) is 7.13. The molecular weight excluding hydrogens is 262 g/mol. The second kappa shape index (κ2) is 7.46. The zero-order valence-corrected chi connectivity index (χ0v) is 13.1. The van der Waals surface area contributed by atoms with Crippen LogP contribution in [-0.4, -0.2) is 30.4 Å². The highest BCUT2D eigenvalue weighted by molar-refractivity contribution is 5.92. The summed E-state index contributed by atoms with van der Waals surface area (Å²) in [5.41, 5.74) is 7.16. The lowest BCUT2D eigenvalue weighted by Crippen LogP contribution is -2.34. The van der Waals surface area contributed by atoms with Crippen LogP contribution in [0.1, 0.15) is 33.1 Å².